The van der Waals surface area contributed by atoms with E-state index in [0.717, 1.165) is 22.6 Å². The Hall–Kier alpha value is -3.33. The molecule has 1 amide bonds. The van der Waals surface area contributed by atoms with Gasteiger partial charge in [0.1, 0.15) is 10.8 Å². The standard InChI is InChI=1S/C17H14N4O4S/c1-25-14-7-5-11(6-8-14)9-15(22)18-17-20-19-16(26-17)12-3-2-4-13(10-12)21(23)24/h2-8,10H,9H2,1H3,(H,18,20,22). The van der Waals surface area contributed by atoms with Crippen LogP contribution in [0.4, 0.5) is 10.8 Å². The largest absolute Gasteiger partial charge is 0.497 e. The molecule has 3 rings (SSSR count). The molecule has 1 heterocycles. The number of ether oxygens (including phenoxy) is 1. The Morgan fingerprint density at radius 2 is 2.00 bits per heavy atom. The van der Waals surface area contributed by atoms with Gasteiger partial charge in [-0.05, 0) is 17.7 Å². The number of hydrogen-bond acceptors (Lipinski definition) is 7. The van der Waals surface area contributed by atoms with E-state index in [0.29, 0.717) is 15.7 Å². The predicted octanol–water partition coefficient (Wildman–Crippen LogP) is 3.30. The molecule has 0 saturated heterocycles. The number of hydrogen-bond donors (Lipinski definition) is 1. The van der Waals surface area contributed by atoms with Gasteiger partial charge in [-0.25, -0.2) is 0 Å². The van der Waals surface area contributed by atoms with E-state index in [4.69, 9.17) is 4.74 Å². The van der Waals surface area contributed by atoms with Crippen molar-refractivity contribution in [3.05, 3.63) is 64.2 Å². The molecule has 0 aliphatic heterocycles. The van der Waals surface area contributed by atoms with Gasteiger partial charge in [-0.3, -0.25) is 14.9 Å². The molecule has 0 unspecified atom stereocenters. The van der Waals surface area contributed by atoms with Crippen molar-refractivity contribution in [2.45, 2.75) is 6.42 Å². The van der Waals surface area contributed by atoms with E-state index in [9.17, 15) is 14.9 Å². The number of methoxy groups -OCH3 is 1. The highest BCUT2D eigenvalue weighted by Gasteiger charge is 2.13. The van der Waals surface area contributed by atoms with Crippen molar-refractivity contribution in [2.75, 3.05) is 12.4 Å². The quantitative estimate of drug-likeness (QED) is 0.527. The molecule has 0 bridgehead atoms. The van der Waals surface area contributed by atoms with Crippen molar-refractivity contribution in [3.8, 4) is 16.3 Å². The molecule has 26 heavy (non-hydrogen) atoms. The Labute approximate surface area is 152 Å². The van der Waals surface area contributed by atoms with Crippen molar-refractivity contribution in [1.82, 2.24) is 10.2 Å². The van der Waals surface area contributed by atoms with E-state index < -0.39 is 4.92 Å². The number of benzene rings is 2. The molecule has 8 nitrogen and oxygen atoms in total. The summed E-state index contributed by atoms with van der Waals surface area (Å²) < 4.78 is 5.08. The average Bonchev–Trinajstić information content (AvgIpc) is 3.10. The number of non-ortho nitro benzene ring substituents is 1. The third kappa shape index (κ3) is 4.19. The van der Waals surface area contributed by atoms with E-state index >= 15 is 0 Å². The lowest BCUT2D eigenvalue weighted by molar-refractivity contribution is -0.384. The average molecular weight is 370 g/mol. The van der Waals surface area contributed by atoms with Crippen LogP contribution in [0.25, 0.3) is 10.6 Å². The van der Waals surface area contributed by atoms with Crippen LogP contribution >= 0.6 is 11.3 Å². The van der Waals surface area contributed by atoms with E-state index in [-0.39, 0.29) is 18.0 Å². The minimum absolute atomic E-state index is 0.0252. The maximum Gasteiger partial charge on any atom is 0.270 e. The molecule has 1 N–H and O–H groups in total. The Balaban J connectivity index is 1.66. The van der Waals surface area contributed by atoms with Gasteiger partial charge in [-0.1, -0.05) is 35.6 Å². The van der Waals surface area contributed by atoms with Gasteiger partial charge in [-0.2, -0.15) is 0 Å². The van der Waals surface area contributed by atoms with Crippen molar-refractivity contribution in [3.63, 3.8) is 0 Å². The Morgan fingerprint density at radius 3 is 2.69 bits per heavy atom. The fourth-order valence-electron chi connectivity index (χ4n) is 2.24. The number of nitrogens with zero attached hydrogens (tertiary/aromatic N) is 3. The van der Waals surface area contributed by atoms with Crippen LogP contribution in [0.3, 0.4) is 0 Å². The molecule has 0 aliphatic rings. The molecule has 1 aromatic heterocycles. The maximum absolute atomic E-state index is 12.1. The summed E-state index contributed by atoms with van der Waals surface area (Å²) in [5.74, 6) is 0.497. The van der Waals surface area contributed by atoms with Crippen LogP contribution < -0.4 is 10.1 Å². The minimum atomic E-state index is -0.470. The molecule has 2 aromatic carbocycles. The van der Waals surface area contributed by atoms with Crippen LogP contribution in [-0.2, 0) is 11.2 Å². The van der Waals surface area contributed by atoms with E-state index in [1.165, 1.54) is 12.1 Å². The first kappa shape index (κ1) is 17.5. The van der Waals surface area contributed by atoms with E-state index in [2.05, 4.69) is 15.5 Å². The highest BCUT2D eigenvalue weighted by molar-refractivity contribution is 7.18. The summed E-state index contributed by atoms with van der Waals surface area (Å²) >= 11 is 1.15. The van der Waals surface area contributed by atoms with Crippen molar-refractivity contribution in [1.29, 1.82) is 0 Å². The van der Waals surface area contributed by atoms with Gasteiger partial charge in [0.05, 0.1) is 18.5 Å². The van der Waals surface area contributed by atoms with Gasteiger partial charge in [-0.15, -0.1) is 10.2 Å². The first-order valence-electron chi connectivity index (χ1n) is 7.56. The topological polar surface area (TPSA) is 107 Å². The van der Waals surface area contributed by atoms with Crippen LogP contribution in [0, 0.1) is 10.1 Å². The van der Waals surface area contributed by atoms with Crippen molar-refractivity contribution in [2.24, 2.45) is 0 Å². The second kappa shape index (κ2) is 7.70. The van der Waals surface area contributed by atoms with Crippen LogP contribution in [0.2, 0.25) is 0 Å². The minimum Gasteiger partial charge on any atom is -0.497 e. The molecule has 132 valence electrons. The third-order valence-corrected chi connectivity index (χ3v) is 4.39. The van der Waals surface area contributed by atoms with Crippen molar-refractivity contribution >= 4 is 28.1 Å². The number of rotatable bonds is 6. The zero-order valence-electron chi connectivity index (χ0n) is 13.7. The summed E-state index contributed by atoms with van der Waals surface area (Å²) in [5.41, 5.74) is 1.39. The zero-order chi connectivity index (χ0) is 18.5. The molecule has 3 aromatic rings. The summed E-state index contributed by atoms with van der Waals surface area (Å²) in [4.78, 5) is 22.5. The van der Waals surface area contributed by atoms with Crippen LogP contribution in [-0.4, -0.2) is 28.1 Å². The molecule has 9 heteroatoms. The zero-order valence-corrected chi connectivity index (χ0v) is 14.5. The highest BCUT2D eigenvalue weighted by Crippen LogP contribution is 2.28. The van der Waals surface area contributed by atoms with Gasteiger partial charge in [0.25, 0.3) is 5.69 Å². The molecule has 0 aliphatic carbocycles. The van der Waals surface area contributed by atoms with Gasteiger partial charge in [0, 0.05) is 17.7 Å². The lowest BCUT2D eigenvalue weighted by atomic mass is 10.1. The number of anilines is 1. The van der Waals surface area contributed by atoms with Gasteiger partial charge in [0.2, 0.25) is 11.0 Å². The lowest BCUT2D eigenvalue weighted by Crippen LogP contribution is -2.14. The third-order valence-electron chi connectivity index (χ3n) is 3.50. The smallest absolute Gasteiger partial charge is 0.270 e. The van der Waals surface area contributed by atoms with Crippen molar-refractivity contribution < 1.29 is 14.5 Å². The fourth-order valence-corrected chi connectivity index (χ4v) is 2.99. The van der Waals surface area contributed by atoms with Crippen LogP contribution in [0.1, 0.15) is 5.56 Å². The van der Waals surface area contributed by atoms with E-state index in [1.807, 2.05) is 12.1 Å². The fraction of sp³-hybridized carbons (Fsp3) is 0.118. The SMILES string of the molecule is COc1ccc(CC(=O)Nc2nnc(-c3cccc([N+](=O)[O-])c3)s2)cc1. The Kier molecular flexibility index (Phi) is 5.18. The number of carbonyl (C=O) groups is 1. The van der Waals surface area contributed by atoms with Crippen LogP contribution in [0.5, 0.6) is 5.75 Å². The predicted molar refractivity (Wildman–Crippen MR) is 97.3 cm³/mol. The molecule has 0 radical (unpaired) electrons. The number of aromatic nitrogens is 2. The first-order chi connectivity index (χ1) is 12.5. The highest BCUT2D eigenvalue weighted by atomic mass is 32.1. The van der Waals surface area contributed by atoms with E-state index in [1.54, 1.807) is 31.4 Å². The lowest BCUT2D eigenvalue weighted by Gasteiger charge is -2.03. The number of amides is 1. The normalized spacial score (nSPS) is 10.3. The second-order valence-corrected chi connectivity index (χ2v) is 6.27. The van der Waals surface area contributed by atoms with Gasteiger partial charge >= 0.3 is 0 Å². The molecule has 0 saturated carbocycles. The molecule has 0 spiro atoms. The number of nitro benzene ring substituents is 1. The Morgan fingerprint density at radius 1 is 1.23 bits per heavy atom. The number of carbonyl (C=O) groups excluding carboxylic acids is 1. The monoisotopic (exact) mass is 370 g/mol. The summed E-state index contributed by atoms with van der Waals surface area (Å²) in [6.07, 6.45) is 0.190. The summed E-state index contributed by atoms with van der Waals surface area (Å²) in [7, 11) is 1.58. The van der Waals surface area contributed by atoms with Gasteiger partial charge in [0.15, 0.2) is 0 Å². The summed E-state index contributed by atoms with van der Waals surface area (Å²) in [6, 6.07) is 13.3. The molecular weight excluding hydrogens is 356 g/mol. The maximum atomic E-state index is 12.1. The summed E-state index contributed by atoms with van der Waals surface area (Å²) in [5, 5.41) is 22.3. The first-order valence-corrected chi connectivity index (χ1v) is 8.38. The Bertz CT molecular complexity index is 940. The molecule has 0 fully saturated rings. The number of nitrogens with one attached hydrogen (secondary N) is 1. The van der Waals surface area contributed by atoms with Gasteiger partial charge < -0.3 is 10.1 Å². The number of nitro groups is 1. The summed E-state index contributed by atoms with van der Waals surface area (Å²) in [6.45, 7) is 0. The molecule has 0 atom stereocenters. The van der Waals surface area contributed by atoms with Crippen LogP contribution in [0.15, 0.2) is 48.5 Å². The second-order valence-electron chi connectivity index (χ2n) is 5.29. The molecular formula is C17H14N4O4S.